The maximum Gasteiger partial charge on any atom is 0.324 e. The Kier molecular flexibility index (Phi) is 16.3. The largest absolute Gasteiger partial charge is 0.368 e. The van der Waals surface area contributed by atoms with Crippen molar-refractivity contribution in [2.24, 2.45) is 0 Å². The van der Waals surface area contributed by atoms with Crippen molar-refractivity contribution in [1.82, 2.24) is 5.32 Å². The van der Waals surface area contributed by atoms with E-state index in [1.54, 1.807) is 0 Å². The average Bonchev–Trinajstić information content (AvgIpc) is 2.64. The molecule has 1 aliphatic carbocycles. The van der Waals surface area contributed by atoms with E-state index in [0.717, 1.165) is 0 Å². The Bertz CT molecular complexity index is 233. The van der Waals surface area contributed by atoms with Crippen LogP contribution in [0, 0.1) is 0 Å². The van der Waals surface area contributed by atoms with Crippen molar-refractivity contribution in [1.29, 1.82) is 0 Å². The SMILES string of the molecule is C1=CC=CNC=C1.C1CCCCCCCC1.O=PO. The third kappa shape index (κ3) is 17.1. The Hall–Kier alpha value is -0.920. The minimum Gasteiger partial charge on any atom is -0.368 e. The van der Waals surface area contributed by atoms with Crippen molar-refractivity contribution in [2.75, 3.05) is 0 Å². The minimum absolute atomic E-state index is 0.833. The Balaban J connectivity index is 0.000000289. The number of hydrogen-bond donors (Lipinski definition) is 2. The van der Waals surface area contributed by atoms with Crippen LogP contribution in [-0.4, -0.2) is 4.89 Å². The molecule has 0 spiro atoms. The number of rotatable bonds is 0. The summed E-state index contributed by atoms with van der Waals surface area (Å²) in [5.41, 5.74) is 0. The zero-order valence-corrected chi connectivity index (χ0v) is 12.5. The fourth-order valence-electron chi connectivity index (χ4n) is 2.00. The first-order valence-electron chi connectivity index (χ1n) is 7.13. The van der Waals surface area contributed by atoms with Gasteiger partial charge in [0.2, 0.25) is 0 Å². The van der Waals surface area contributed by atoms with Crippen molar-refractivity contribution >= 4 is 8.69 Å². The molecule has 0 atom stereocenters. The Morgan fingerprint density at radius 1 is 0.684 bits per heavy atom. The Morgan fingerprint density at radius 2 is 0.947 bits per heavy atom. The summed E-state index contributed by atoms with van der Waals surface area (Å²) in [4.78, 5) is 6.99. The lowest BCUT2D eigenvalue weighted by molar-refractivity contribution is 0.524. The molecule has 2 rings (SSSR count). The summed E-state index contributed by atoms with van der Waals surface area (Å²) in [5.74, 6) is 0. The smallest absolute Gasteiger partial charge is 0.324 e. The zero-order chi connectivity index (χ0) is 14.0. The van der Waals surface area contributed by atoms with Crippen LogP contribution < -0.4 is 5.32 Å². The van der Waals surface area contributed by atoms with Crippen LogP contribution in [0.25, 0.3) is 0 Å². The summed E-state index contributed by atoms with van der Waals surface area (Å²) >= 11 is 0. The molecule has 1 saturated carbocycles. The number of allylic oxidation sites excluding steroid dienone is 4. The van der Waals surface area contributed by atoms with Crippen LogP contribution >= 0.6 is 8.69 Å². The lowest BCUT2D eigenvalue weighted by Crippen LogP contribution is -1.87. The normalized spacial score (nSPS) is 18.4. The first kappa shape index (κ1) is 18.1. The third-order valence-electron chi connectivity index (χ3n) is 2.97. The molecule has 4 heteroatoms. The van der Waals surface area contributed by atoms with Gasteiger partial charge in [-0.3, -0.25) is 0 Å². The summed E-state index contributed by atoms with van der Waals surface area (Å²) in [7, 11) is -0.833. The van der Waals surface area contributed by atoms with Gasteiger partial charge in [-0.1, -0.05) is 69.9 Å². The summed E-state index contributed by atoms with van der Waals surface area (Å²) in [6.07, 6.45) is 25.1. The molecule has 0 saturated heterocycles. The van der Waals surface area contributed by atoms with Crippen molar-refractivity contribution in [3.05, 3.63) is 36.7 Å². The van der Waals surface area contributed by atoms with E-state index in [-0.39, 0.29) is 0 Å². The van der Waals surface area contributed by atoms with E-state index in [4.69, 9.17) is 9.46 Å². The number of hydrogen-bond acceptors (Lipinski definition) is 2. The second-order valence-corrected chi connectivity index (χ2v) is 4.70. The number of nitrogens with one attached hydrogen (secondary N) is 1. The highest BCUT2D eigenvalue weighted by Gasteiger charge is 1.95. The molecule has 0 unspecified atom stereocenters. The predicted molar refractivity (Wildman–Crippen MR) is 81.9 cm³/mol. The molecule has 2 aliphatic rings. The van der Waals surface area contributed by atoms with E-state index < -0.39 is 8.69 Å². The lowest BCUT2D eigenvalue weighted by Gasteiger charge is -1.93. The molecule has 0 radical (unpaired) electrons. The highest BCUT2D eigenvalue weighted by Crippen LogP contribution is 2.15. The molecule has 0 aromatic carbocycles. The average molecular weight is 283 g/mol. The first-order valence-corrected chi connectivity index (χ1v) is 7.89. The van der Waals surface area contributed by atoms with Gasteiger partial charge in [-0.05, 0) is 12.2 Å². The van der Waals surface area contributed by atoms with Crippen LogP contribution in [0.2, 0.25) is 0 Å². The van der Waals surface area contributed by atoms with Gasteiger partial charge in [0, 0.05) is 12.4 Å². The van der Waals surface area contributed by atoms with Crippen LogP contribution in [0.4, 0.5) is 0 Å². The monoisotopic (exact) mass is 283 g/mol. The van der Waals surface area contributed by atoms with Crippen LogP contribution in [0.15, 0.2) is 36.7 Å². The molecule has 108 valence electrons. The molecule has 1 aliphatic heterocycles. The van der Waals surface area contributed by atoms with Gasteiger partial charge >= 0.3 is 8.69 Å². The highest BCUT2D eigenvalue weighted by atomic mass is 31.1. The zero-order valence-electron chi connectivity index (χ0n) is 11.6. The standard InChI is InChI=1S/C9H18.C6H7N.HO2P/c1-2-4-6-8-9-7-5-3-1;1-2-4-6-7-5-3-1;1-3-2/h1-9H2;1-7H;(H,1,2). The second kappa shape index (κ2) is 17.1. The fraction of sp³-hybridized carbons (Fsp3) is 0.600. The Morgan fingerprint density at radius 3 is 1.21 bits per heavy atom. The van der Waals surface area contributed by atoms with Crippen molar-refractivity contribution in [3.63, 3.8) is 0 Å². The summed E-state index contributed by atoms with van der Waals surface area (Å²) in [6, 6.07) is 0. The topological polar surface area (TPSA) is 49.3 Å². The van der Waals surface area contributed by atoms with Crippen LogP contribution in [0.3, 0.4) is 0 Å². The molecular formula is C15H26NO2P. The van der Waals surface area contributed by atoms with E-state index in [9.17, 15) is 0 Å². The molecule has 2 N–H and O–H groups in total. The van der Waals surface area contributed by atoms with Gasteiger partial charge in [0.1, 0.15) is 0 Å². The molecule has 1 heterocycles. The van der Waals surface area contributed by atoms with Crippen LogP contribution in [-0.2, 0) is 4.57 Å². The first-order chi connectivity index (χ1) is 9.41. The molecule has 1 fully saturated rings. The third-order valence-corrected chi connectivity index (χ3v) is 2.97. The van der Waals surface area contributed by atoms with Gasteiger partial charge in [0.05, 0.1) is 0 Å². The molecule has 0 aromatic heterocycles. The second-order valence-electron chi connectivity index (χ2n) is 4.53. The van der Waals surface area contributed by atoms with Crippen molar-refractivity contribution in [3.8, 4) is 0 Å². The van der Waals surface area contributed by atoms with Crippen molar-refractivity contribution < 1.29 is 9.46 Å². The molecule has 0 amide bonds. The molecular weight excluding hydrogens is 257 g/mol. The van der Waals surface area contributed by atoms with Gasteiger partial charge in [0.25, 0.3) is 0 Å². The maximum atomic E-state index is 8.46. The highest BCUT2D eigenvalue weighted by molar-refractivity contribution is 7.16. The van der Waals surface area contributed by atoms with Gasteiger partial charge < -0.3 is 10.2 Å². The molecule has 0 bridgehead atoms. The summed E-state index contributed by atoms with van der Waals surface area (Å²) in [5, 5.41) is 2.92. The lowest BCUT2D eigenvalue weighted by atomic mass is 10.1. The van der Waals surface area contributed by atoms with E-state index >= 15 is 0 Å². The van der Waals surface area contributed by atoms with Gasteiger partial charge in [-0.25, -0.2) is 4.57 Å². The van der Waals surface area contributed by atoms with E-state index in [1.165, 1.54) is 57.8 Å². The van der Waals surface area contributed by atoms with E-state index in [2.05, 4.69) is 5.32 Å². The van der Waals surface area contributed by atoms with Crippen LogP contribution in [0.1, 0.15) is 57.8 Å². The van der Waals surface area contributed by atoms with Gasteiger partial charge in [0.15, 0.2) is 0 Å². The molecule has 19 heavy (non-hydrogen) atoms. The predicted octanol–water partition coefficient (Wildman–Crippen LogP) is 4.87. The van der Waals surface area contributed by atoms with Gasteiger partial charge in [-0.15, -0.1) is 0 Å². The van der Waals surface area contributed by atoms with Crippen molar-refractivity contribution in [2.45, 2.75) is 57.8 Å². The quantitative estimate of drug-likeness (QED) is 0.623. The fourth-order valence-corrected chi connectivity index (χ4v) is 2.00. The summed E-state index contributed by atoms with van der Waals surface area (Å²) in [6.45, 7) is 0. The van der Waals surface area contributed by atoms with Gasteiger partial charge in [-0.2, -0.15) is 0 Å². The van der Waals surface area contributed by atoms with Crippen LogP contribution in [0.5, 0.6) is 0 Å². The van der Waals surface area contributed by atoms with E-state index in [0.29, 0.717) is 0 Å². The minimum atomic E-state index is -0.833. The maximum absolute atomic E-state index is 8.46. The summed E-state index contributed by atoms with van der Waals surface area (Å²) < 4.78 is 8.46. The van der Waals surface area contributed by atoms with E-state index in [1.807, 2.05) is 36.7 Å². The molecule has 3 nitrogen and oxygen atoms in total. The molecule has 0 aromatic rings. The Labute approximate surface area is 118 Å².